The summed E-state index contributed by atoms with van der Waals surface area (Å²) in [4.78, 5) is 27.9. The molecule has 1 fully saturated rings. The maximum atomic E-state index is 14.4. The summed E-state index contributed by atoms with van der Waals surface area (Å²) in [5, 5.41) is 2.80. The number of rotatable bonds is 10. The Morgan fingerprint density at radius 1 is 1.00 bits per heavy atom. The minimum absolute atomic E-state index is 0.0407. The van der Waals surface area contributed by atoms with Crippen LogP contribution in [0.2, 0.25) is 5.02 Å². The van der Waals surface area contributed by atoms with Crippen molar-refractivity contribution in [2.45, 2.75) is 38.1 Å². The molecule has 0 saturated heterocycles. The molecule has 1 saturated carbocycles. The van der Waals surface area contributed by atoms with Crippen LogP contribution in [0.3, 0.4) is 0 Å². The highest BCUT2D eigenvalue weighted by Crippen LogP contribution is 2.37. The summed E-state index contributed by atoms with van der Waals surface area (Å²) >= 11 is 11.8. The summed E-state index contributed by atoms with van der Waals surface area (Å²) in [5.74, 6) is -2.70. The van der Waals surface area contributed by atoms with E-state index in [9.17, 15) is 18.4 Å². The first kappa shape index (κ1) is 27.0. The molecule has 0 aromatic heterocycles. The fraction of sp³-hybridized carbons (Fsp3) is 0.286. The second-order valence-corrected chi connectivity index (χ2v) is 9.69. The SMILES string of the molecule is O=C(Nc1ccc(Cl)cc1F)C(C1CC(OCc2ccccc2)C1)N(Cc1ccc(F)cc1)C(=O)CCl. The highest BCUT2D eigenvalue weighted by Gasteiger charge is 2.44. The Morgan fingerprint density at radius 2 is 1.70 bits per heavy atom. The number of carbonyl (C=O) groups excluding carboxylic acids is 2. The lowest BCUT2D eigenvalue weighted by molar-refractivity contribution is -0.144. The van der Waals surface area contributed by atoms with Gasteiger partial charge in [-0.1, -0.05) is 54.1 Å². The summed E-state index contributed by atoms with van der Waals surface area (Å²) < 4.78 is 33.9. The number of hydrogen-bond donors (Lipinski definition) is 1. The van der Waals surface area contributed by atoms with Gasteiger partial charge in [0.25, 0.3) is 0 Å². The second kappa shape index (κ2) is 12.5. The Balaban J connectivity index is 1.54. The summed E-state index contributed by atoms with van der Waals surface area (Å²) in [6.07, 6.45) is 0.971. The van der Waals surface area contributed by atoms with Crippen LogP contribution in [-0.4, -0.2) is 34.7 Å². The van der Waals surface area contributed by atoms with Crippen molar-refractivity contribution in [3.8, 4) is 0 Å². The summed E-state index contributed by atoms with van der Waals surface area (Å²) in [5.41, 5.74) is 1.62. The number of nitrogens with one attached hydrogen (secondary N) is 1. The Morgan fingerprint density at radius 3 is 2.35 bits per heavy atom. The van der Waals surface area contributed by atoms with Crippen LogP contribution >= 0.6 is 23.2 Å². The monoisotopic (exact) mass is 546 g/mol. The molecule has 2 amide bonds. The van der Waals surface area contributed by atoms with Crippen LogP contribution in [0.15, 0.2) is 72.8 Å². The van der Waals surface area contributed by atoms with Crippen LogP contribution in [0.5, 0.6) is 0 Å². The van der Waals surface area contributed by atoms with Gasteiger partial charge in [-0.05, 0) is 60.2 Å². The first-order chi connectivity index (χ1) is 17.8. The van der Waals surface area contributed by atoms with Crippen molar-refractivity contribution in [2.24, 2.45) is 5.92 Å². The molecule has 194 valence electrons. The number of anilines is 1. The lowest BCUT2D eigenvalue weighted by Crippen LogP contribution is -2.55. The maximum absolute atomic E-state index is 14.4. The molecule has 1 atom stereocenters. The van der Waals surface area contributed by atoms with E-state index in [0.29, 0.717) is 25.0 Å². The summed E-state index contributed by atoms with van der Waals surface area (Å²) in [7, 11) is 0. The first-order valence-corrected chi connectivity index (χ1v) is 12.8. The second-order valence-electron chi connectivity index (χ2n) is 8.99. The molecule has 1 N–H and O–H groups in total. The van der Waals surface area contributed by atoms with Crippen LogP contribution in [0.25, 0.3) is 0 Å². The van der Waals surface area contributed by atoms with Crippen molar-refractivity contribution in [2.75, 3.05) is 11.2 Å². The van der Waals surface area contributed by atoms with Crippen molar-refractivity contribution < 1.29 is 23.1 Å². The number of amides is 2. The average molecular weight is 547 g/mol. The number of alkyl halides is 1. The topological polar surface area (TPSA) is 58.6 Å². The number of ether oxygens (including phenoxy) is 1. The predicted molar refractivity (Wildman–Crippen MR) is 139 cm³/mol. The Bertz CT molecular complexity index is 1220. The van der Waals surface area contributed by atoms with Crippen LogP contribution in [0.4, 0.5) is 14.5 Å². The van der Waals surface area contributed by atoms with Gasteiger partial charge in [-0.25, -0.2) is 8.78 Å². The molecule has 0 spiro atoms. The largest absolute Gasteiger partial charge is 0.374 e. The Hall–Kier alpha value is -3.00. The van der Waals surface area contributed by atoms with Crippen molar-refractivity contribution in [3.63, 3.8) is 0 Å². The molecule has 37 heavy (non-hydrogen) atoms. The molecule has 0 aliphatic heterocycles. The van der Waals surface area contributed by atoms with Gasteiger partial charge in [0, 0.05) is 11.6 Å². The van der Waals surface area contributed by atoms with Crippen LogP contribution in [-0.2, 0) is 27.5 Å². The van der Waals surface area contributed by atoms with E-state index in [4.69, 9.17) is 27.9 Å². The van der Waals surface area contributed by atoms with Gasteiger partial charge in [-0.2, -0.15) is 0 Å². The zero-order valence-corrected chi connectivity index (χ0v) is 21.4. The van der Waals surface area contributed by atoms with Crippen molar-refractivity contribution in [3.05, 3.63) is 101 Å². The lowest BCUT2D eigenvalue weighted by atomic mass is 9.76. The molecule has 0 heterocycles. The number of carbonyl (C=O) groups is 2. The van der Waals surface area contributed by atoms with E-state index in [1.54, 1.807) is 12.1 Å². The zero-order chi connectivity index (χ0) is 26.4. The normalized spacial score (nSPS) is 17.5. The van der Waals surface area contributed by atoms with E-state index < -0.39 is 29.5 Å². The van der Waals surface area contributed by atoms with Crippen LogP contribution in [0, 0.1) is 17.6 Å². The van der Waals surface area contributed by atoms with Crippen LogP contribution in [0.1, 0.15) is 24.0 Å². The molecule has 1 unspecified atom stereocenters. The smallest absolute Gasteiger partial charge is 0.247 e. The van der Waals surface area contributed by atoms with E-state index in [0.717, 1.165) is 11.6 Å². The standard InChI is InChI=1S/C28H26Cl2F2N2O3/c29-15-26(35)34(16-18-6-9-22(31)10-7-18)27(28(36)33-25-11-8-21(30)14-24(25)32)20-12-23(13-20)37-17-19-4-2-1-3-5-19/h1-11,14,20,23,27H,12-13,15-17H2,(H,33,36). The van der Waals surface area contributed by atoms with Gasteiger partial charge >= 0.3 is 0 Å². The molecular formula is C28H26Cl2F2N2O3. The predicted octanol–water partition coefficient (Wildman–Crippen LogP) is 6.19. The maximum Gasteiger partial charge on any atom is 0.247 e. The Kier molecular flexibility index (Phi) is 9.14. The fourth-order valence-corrected chi connectivity index (χ4v) is 4.71. The molecule has 4 rings (SSSR count). The molecule has 0 radical (unpaired) electrons. The van der Waals surface area contributed by atoms with E-state index in [-0.39, 0.29) is 35.2 Å². The molecule has 3 aromatic carbocycles. The summed E-state index contributed by atoms with van der Waals surface area (Å²) in [6, 6.07) is 18.4. The first-order valence-electron chi connectivity index (χ1n) is 11.9. The van der Waals surface area contributed by atoms with E-state index >= 15 is 0 Å². The van der Waals surface area contributed by atoms with Gasteiger partial charge in [0.15, 0.2) is 0 Å². The van der Waals surface area contributed by atoms with Crippen LogP contribution < -0.4 is 5.32 Å². The lowest BCUT2D eigenvalue weighted by Gasteiger charge is -2.44. The molecule has 9 heteroatoms. The molecule has 5 nitrogen and oxygen atoms in total. The zero-order valence-electron chi connectivity index (χ0n) is 19.9. The minimum Gasteiger partial charge on any atom is -0.374 e. The molecule has 0 bridgehead atoms. The molecular weight excluding hydrogens is 521 g/mol. The third-order valence-electron chi connectivity index (χ3n) is 6.40. The highest BCUT2D eigenvalue weighted by molar-refractivity contribution is 6.30. The number of nitrogens with zero attached hydrogens (tertiary/aromatic N) is 1. The number of benzene rings is 3. The third-order valence-corrected chi connectivity index (χ3v) is 6.86. The van der Waals surface area contributed by atoms with Crippen molar-refractivity contribution in [1.82, 2.24) is 4.90 Å². The molecule has 1 aliphatic rings. The summed E-state index contributed by atoms with van der Waals surface area (Å²) in [6.45, 7) is 0.476. The molecule has 1 aliphatic carbocycles. The highest BCUT2D eigenvalue weighted by atomic mass is 35.5. The van der Waals surface area contributed by atoms with E-state index in [1.165, 1.54) is 29.2 Å². The van der Waals surface area contributed by atoms with Gasteiger partial charge in [0.05, 0.1) is 18.4 Å². The molecule has 3 aromatic rings. The van der Waals surface area contributed by atoms with Gasteiger partial charge < -0.3 is 15.0 Å². The van der Waals surface area contributed by atoms with Gasteiger partial charge in [-0.3, -0.25) is 9.59 Å². The van der Waals surface area contributed by atoms with E-state index in [2.05, 4.69) is 5.32 Å². The number of halogens is 4. The van der Waals surface area contributed by atoms with Crippen molar-refractivity contribution >= 4 is 40.7 Å². The third kappa shape index (κ3) is 7.06. The Labute approximate surface area is 224 Å². The number of hydrogen-bond acceptors (Lipinski definition) is 3. The van der Waals surface area contributed by atoms with Gasteiger partial charge in [-0.15, -0.1) is 11.6 Å². The quantitative estimate of drug-likeness (QED) is 0.308. The fourth-order valence-electron chi connectivity index (χ4n) is 4.40. The van der Waals surface area contributed by atoms with Crippen molar-refractivity contribution in [1.29, 1.82) is 0 Å². The average Bonchev–Trinajstić information content (AvgIpc) is 2.87. The van der Waals surface area contributed by atoms with Gasteiger partial charge in [0.2, 0.25) is 11.8 Å². The minimum atomic E-state index is -0.942. The van der Waals surface area contributed by atoms with E-state index in [1.807, 2.05) is 30.3 Å². The van der Waals surface area contributed by atoms with Gasteiger partial charge in [0.1, 0.15) is 23.6 Å².